The van der Waals surface area contributed by atoms with Crippen LogP contribution in [0.4, 0.5) is 10.5 Å². The van der Waals surface area contributed by atoms with Crippen molar-refractivity contribution in [3.05, 3.63) is 63.6 Å². The number of likely N-dealkylation sites (N-methyl/N-ethyl adjacent to an activating group) is 1. The van der Waals surface area contributed by atoms with Crippen LogP contribution in [0.3, 0.4) is 0 Å². The van der Waals surface area contributed by atoms with Crippen molar-refractivity contribution in [1.29, 1.82) is 0 Å². The number of aryl methyl sites for hydroxylation is 2. The number of halogens is 1. The van der Waals surface area contributed by atoms with E-state index in [1.807, 2.05) is 43.3 Å². The zero-order chi connectivity index (χ0) is 23.0. The molecule has 0 saturated carbocycles. The van der Waals surface area contributed by atoms with E-state index < -0.39 is 29.9 Å². The van der Waals surface area contributed by atoms with Crippen molar-refractivity contribution >= 4 is 45.4 Å². The lowest BCUT2D eigenvalue weighted by molar-refractivity contribution is -0.139. The molecular weight excluding hydrogens is 476 g/mol. The molecule has 2 N–H and O–H groups in total. The predicted molar refractivity (Wildman–Crippen MR) is 122 cm³/mol. The lowest BCUT2D eigenvalue weighted by atomic mass is 9.92. The minimum Gasteiger partial charge on any atom is -0.335 e. The number of carbonyl (C=O) groups is 4. The largest absolute Gasteiger partial charge is 0.335 e. The van der Waals surface area contributed by atoms with Crippen LogP contribution < -0.4 is 10.6 Å². The van der Waals surface area contributed by atoms with Gasteiger partial charge in [0.25, 0.3) is 5.91 Å². The minimum absolute atomic E-state index is 0.202. The van der Waals surface area contributed by atoms with E-state index in [9.17, 15) is 19.2 Å². The van der Waals surface area contributed by atoms with E-state index in [1.165, 1.54) is 11.9 Å². The molecule has 1 atom stereocenters. The number of amides is 5. The number of benzene rings is 2. The third kappa shape index (κ3) is 3.88. The van der Waals surface area contributed by atoms with Crippen LogP contribution in [0.15, 0.2) is 46.9 Å². The number of nitrogens with zero attached hydrogens (tertiary/aromatic N) is 2. The minimum atomic E-state index is -1.11. The Hall–Kier alpha value is -3.20. The first kappa shape index (κ1) is 22.0. The summed E-state index contributed by atoms with van der Waals surface area (Å²) in [5.74, 6) is -1.30. The van der Waals surface area contributed by atoms with Crippen molar-refractivity contribution in [3.63, 3.8) is 0 Å². The quantitative estimate of drug-likeness (QED) is 0.618. The van der Waals surface area contributed by atoms with Gasteiger partial charge in [-0.15, -0.1) is 0 Å². The van der Waals surface area contributed by atoms with Crippen LogP contribution in [-0.2, 0) is 26.3 Å². The monoisotopic (exact) mass is 498 g/mol. The molecular formula is C23H23BrN4O4. The number of hydrogen-bond donors (Lipinski definition) is 2. The van der Waals surface area contributed by atoms with E-state index >= 15 is 0 Å². The Labute approximate surface area is 194 Å². The van der Waals surface area contributed by atoms with E-state index in [4.69, 9.17) is 0 Å². The highest BCUT2D eigenvalue weighted by Crippen LogP contribution is 2.41. The van der Waals surface area contributed by atoms with Gasteiger partial charge in [-0.05, 0) is 54.7 Å². The summed E-state index contributed by atoms with van der Waals surface area (Å²) in [6.45, 7) is 1.24. The van der Waals surface area contributed by atoms with E-state index in [0.29, 0.717) is 18.5 Å². The highest BCUT2D eigenvalue weighted by Gasteiger charge is 2.55. The van der Waals surface area contributed by atoms with Crippen molar-refractivity contribution in [2.24, 2.45) is 0 Å². The van der Waals surface area contributed by atoms with Crippen molar-refractivity contribution < 1.29 is 19.2 Å². The van der Waals surface area contributed by atoms with E-state index in [1.54, 1.807) is 6.07 Å². The molecule has 1 fully saturated rings. The Morgan fingerprint density at radius 1 is 1.22 bits per heavy atom. The third-order valence-corrected chi connectivity index (χ3v) is 6.48. The number of imide groups is 1. The predicted octanol–water partition coefficient (Wildman–Crippen LogP) is 2.55. The molecule has 2 aliphatic rings. The van der Waals surface area contributed by atoms with Gasteiger partial charge in [-0.1, -0.05) is 40.2 Å². The fraction of sp³-hybridized carbons (Fsp3) is 0.304. The lowest BCUT2D eigenvalue weighted by Gasteiger charge is -2.23. The van der Waals surface area contributed by atoms with Gasteiger partial charge < -0.3 is 15.5 Å². The molecule has 5 amide bonds. The molecule has 1 aliphatic carbocycles. The van der Waals surface area contributed by atoms with Crippen molar-refractivity contribution in [3.8, 4) is 0 Å². The second-order valence-corrected chi connectivity index (χ2v) is 9.06. The molecule has 1 unspecified atom stereocenters. The third-order valence-electron chi connectivity index (χ3n) is 5.98. The van der Waals surface area contributed by atoms with E-state index in [-0.39, 0.29) is 12.5 Å². The zero-order valence-electron chi connectivity index (χ0n) is 17.8. The number of urea groups is 1. The number of carbonyl (C=O) groups excluding carboxylic acids is 4. The summed E-state index contributed by atoms with van der Waals surface area (Å²) in [5.41, 5.74) is 2.22. The smallest absolute Gasteiger partial charge is 0.325 e. The van der Waals surface area contributed by atoms with E-state index in [2.05, 4.69) is 26.6 Å². The second kappa shape index (κ2) is 8.38. The summed E-state index contributed by atoms with van der Waals surface area (Å²) in [5, 5.41) is 5.57. The zero-order valence-corrected chi connectivity index (χ0v) is 19.4. The molecule has 2 aromatic rings. The maximum Gasteiger partial charge on any atom is 0.325 e. The van der Waals surface area contributed by atoms with Gasteiger partial charge in [0, 0.05) is 17.2 Å². The average Bonchev–Trinajstić information content (AvgIpc) is 3.23. The molecule has 0 radical (unpaired) electrons. The average molecular weight is 499 g/mol. The molecule has 9 heteroatoms. The summed E-state index contributed by atoms with van der Waals surface area (Å²) in [6.07, 6.45) is 1.14. The van der Waals surface area contributed by atoms with Crippen molar-refractivity contribution in [2.45, 2.75) is 25.3 Å². The van der Waals surface area contributed by atoms with Crippen LogP contribution in [0.5, 0.6) is 0 Å². The van der Waals surface area contributed by atoms with Gasteiger partial charge in [0.15, 0.2) is 0 Å². The molecule has 2 aromatic carbocycles. The molecule has 1 spiro atoms. The van der Waals surface area contributed by atoms with Gasteiger partial charge in [0.2, 0.25) is 11.8 Å². The van der Waals surface area contributed by atoms with Gasteiger partial charge in [0.1, 0.15) is 12.1 Å². The molecule has 4 rings (SSSR count). The molecule has 1 heterocycles. The molecule has 0 bridgehead atoms. The highest BCUT2D eigenvalue weighted by atomic mass is 79.9. The Balaban J connectivity index is 1.40. The summed E-state index contributed by atoms with van der Waals surface area (Å²) in [4.78, 5) is 53.0. The van der Waals surface area contributed by atoms with E-state index in [0.717, 1.165) is 26.1 Å². The molecule has 1 aliphatic heterocycles. The number of rotatable bonds is 5. The summed E-state index contributed by atoms with van der Waals surface area (Å²) in [6, 6.07) is 12.4. The first-order valence-electron chi connectivity index (χ1n) is 10.2. The molecule has 0 aromatic heterocycles. The van der Waals surface area contributed by atoms with Crippen molar-refractivity contribution in [1.82, 2.24) is 15.1 Å². The number of nitrogens with one attached hydrogen (secondary N) is 2. The molecule has 32 heavy (non-hydrogen) atoms. The SMILES string of the molecule is Cc1cc(Br)ccc1NC(=O)CN(C)C(=O)CN1C(=O)NC2(CCc3ccccc32)C1=O. The maximum absolute atomic E-state index is 13.2. The van der Waals surface area contributed by atoms with Crippen LogP contribution in [0.1, 0.15) is 23.1 Å². The second-order valence-electron chi connectivity index (χ2n) is 8.14. The Kier molecular flexibility index (Phi) is 5.77. The summed E-state index contributed by atoms with van der Waals surface area (Å²) < 4.78 is 0.900. The first-order valence-corrected chi connectivity index (χ1v) is 11.0. The maximum atomic E-state index is 13.2. The molecule has 8 nitrogen and oxygen atoms in total. The van der Waals surface area contributed by atoms with Gasteiger partial charge in [-0.25, -0.2) is 4.79 Å². The fourth-order valence-electron chi connectivity index (χ4n) is 4.25. The van der Waals surface area contributed by atoms with Crippen LogP contribution >= 0.6 is 15.9 Å². The van der Waals surface area contributed by atoms with Gasteiger partial charge in [-0.2, -0.15) is 0 Å². The molecule has 1 saturated heterocycles. The lowest BCUT2D eigenvalue weighted by Crippen LogP contribution is -2.45. The number of fused-ring (bicyclic) bond motifs is 2. The van der Waals surface area contributed by atoms with Crippen molar-refractivity contribution in [2.75, 3.05) is 25.5 Å². The number of anilines is 1. The van der Waals surface area contributed by atoms with Gasteiger partial charge in [-0.3, -0.25) is 19.3 Å². The summed E-state index contributed by atoms with van der Waals surface area (Å²) >= 11 is 3.37. The van der Waals surface area contributed by atoms with Gasteiger partial charge in [0.05, 0.1) is 6.54 Å². The van der Waals surface area contributed by atoms with Crippen LogP contribution in [0.2, 0.25) is 0 Å². The Morgan fingerprint density at radius 2 is 1.97 bits per heavy atom. The summed E-state index contributed by atoms with van der Waals surface area (Å²) in [7, 11) is 1.47. The Morgan fingerprint density at radius 3 is 2.72 bits per heavy atom. The normalized spacial score (nSPS) is 19.2. The van der Waals surface area contributed by atoms with Gasteiger partial charge >= 0.3 is 6.03 Å². The standard InChI is InChI=1S/C23H23BrN4O4/c1-14-11-16(24)7-8-18(14)25-19(29)12-27(2)20(30)13-28-21(31)23(26-22(28)32)10-9-15-5-3-4-6-17(15)23/h3-8,11H,9-10,12-13H2,1-2H3,(H,25,29)(H,26,32). The Bertz CT molecular complexity index is 1130. The number of hydrogen-bond acceptors (Lipinski definition) is 4. The fourth-order valence-corrected chi connectivity index (χ4v) is 4.73. The topological polar surface area (TPSA) is 98.8 Å². The van der Waals surface area contributed by atoms with Crippen LogP contribution in [-0.4, -0.2) is 53.7 Å². The highest BCUT2D eigenvalue weighted by molar-refractivity contribution is 9.10. The molecule has 166 valence electrons. The van der Waals surface area contributed by atoms with Crippen LogP contribution in [0, 0.1) is 6.92 Å². The van der Waals surface area contributed by atoms with Crippen LogP contribution in [0.25, 0.3) is 0 Å². The first-order chi connectivity index (χ1) is 15.2.